The molecule has 74 valence electrons. The number of nitrogen functional groups attached to an aromatic ring is 1. The van der Waals surface area contributed by atoms with E-state index in [1.165, 1.54) is 0 Å². The van der Waals surface area contributed by atoms with Gasteiger partial charge in [-0.2, -0.15) is 12.4 Å². The number of anilines is 1. The van der Waals surface area contributed by atoms with Crippen LogP contribution in [0.3, 0.4) is 0 Å². The smallest absolute Gasteiger partial charge is 0.305 e. The molecule has 0 aliphatic rings. The molecule has 2 rings (SSSR count). The van der Waals surface area contributed by atoms with Gasteiger partial charge in [0.15, 0.2) is 0 Å². The molecule has 14 heavy (non-hydrogen) atoms. The average molecular weight is 212 g/mol. The topological polar surface area (TPSA) is 104 Å². The highest BCUT2D eigenvalue weighted by molar-refractivity contribution is 7.87. The third-order valence-corrected chi connectivity index (χ3v) is 2.69. The number of hydrogen-bond acceptors (Lipinski definition) is 4. The van der Waals surface area contributed by atoms with Crippen molar-refractivity contribution in [3.05, 3.63) is 24.3 Å². The van der Waals surface area contributed by atoms with Gasteiger partial charge in [-0.25, -0.2) is 10.1 Å². The highest BCUT2D eigenvalue weighted by atomic mass is 32.2. The third kappa shape index (κ3) is 1.22. The number of aromatic nitrogens is 2. The highest BCUT2D eigenvalue weighted by Gasteiger charge is 2.15. The van der Waals surface area contributed by atoms with Crippen LogP contribution in [0.5, 0.6) is 0 Å². The number of hydrogen-bond donors (Lipinski definition) is 2. The van der Waals surface area contributed by atoms with Gasteiger partial charge >= 0.3 is 10.2 Å². The van der Waals surface area contributed by atoms with Crippen molar-refractivity contribution in [2.45, 2.75) is 0 Å². The van der Waals surface area contributed by atoms with Crippen molar-refractivity contribution < 1.29 is 8.42 Å². The molecule has 0 saturated carbocycles. The average Bonchev–Trinajstić information content (AvgIpc) is 2.38. The molecule has 0 atom stereocenters. The molecule has 1 aromatic carbocycles. The Balaban J connectivity index is 2.95. The van der Waals surface area contributed by atoms with Gasteiger partial charge in [-0.1, -0.05) is 12.1 Å². The predicted molar refractivity (Wildman–Crippen MR) is 52.7 cm³/mol. The van der Waals surface area contributed by atoms with Crippen LogP contribution < -0.4 is 10.9 Å². The molecule has 0 radical (unpaired) electrons. The molecule has 6 nitrogen and oxygen atoms in total. The molecule has 1 heterocycles. The van der Waals surface area contributed by atoms with E-state index in [2.05, 4.69) is 4.98 Å². The highest BCUT2D eigenvalue weighted by Crippen LogP contribution is 2.17. The minimum absolute atomic E-state index is 0.131. The van der Waals surface area contributed by atoms with Crippen LogP contribution in [0.1, 0.15) is 0 Å². The van der Waals surface area contributed by atoms with Gasteiger partial charge in [0.05, 0.1) is 11.0 Å². The minimum Gasteiger partial charge on any atom is -0.368 e. The van der Waals surface area contributed by atoms with Crippen molar-refractivity contribution in [2.24, 2.45) is 5.14 Å². The summed E-state index contributed by atoms with van der Waals surface area (Å²) in [5, 5.41) is 4.98. The summed E-state index contributed by atoms with van der Waals surface area (Å²) >= 11 is 0. The normalized spacial score (nSPS) is 12.1. The van der Waals surface area contributed by atoms with E-state index in [0.717, 1.165) is 3.97 Å². The van der Waals surface area contributed by atoms with Crippen LogP contribution in [0.15, 0.2) is 24.3 Å². The Morgan fingerprint density at radius 1 is 1.29 bits per heavy atom. The van der Waals surface area contributed by atoms with Crippen LogP contribution in [0.2, 0.25) is 0 Å². The maximum absolute atomic E-state index is 11.1. The standard InChI is InChI=1S/C7H8N4O2S/c8-7-10-5-3-1-2-4-6(5)11(7)14(9,12)13/h1-4H,(H2,8,10)(H2,9,12,13). The minimum atomic E-state index is -3.89. The zero-order chi connectivity index (χ0) is 10.3. The first-order chi connectivity index (χ1) is 6.50. The van der Waals surface area contributed by atoms with Crippen LogP contribution in [0, 0.1) is 0 Å². The van der Waals surface area contributed by atoms with Crippen LogP contribution in [-0.4, -0.2) is 17.4 Å². The van der Waals surface area contributed by atoms with Crippen LogP contribution >= 0.6 is 0 Å². The molecular formula is C7H8N4O2S. The lowest BCUT2D eigenvalue weighted by Crippen LogP contribution is -2.23. The first-order valence-corrected chi connectivity index (χ1v) is 5.27. The lowest BCUT2D eigenvalue weighted by Gasteiger charge is -2.00. The molecule has 2 aromatic rings. The van der Waals surface area contributed by atoms with Gasteiger partial charge in [0, 0.05) is 0 Å². The number of fused-ring (bicyclic) bond motifs is 1. The van der Waals surface area contributed by atoms with Crippen molar-refractivity contribution in [3.8, 4) is 0 Å². The molecule has 0 saturated heterocycles. The van der Waals surface area contributed by atoms with E-state index in [0.29, 0.717) is 11.0 Å². The quantitative estimate of drug-likeness (QED) is 0.675. The second-order valence-corrected chi connectivity index (χ2v) is 4.16. The van der Waals surface area contributed by atoms with E-state index in [9.17, 15) is 8.42 Å². The molecule has 0 bridgehead atoms. The number of para-hydroxylation sites is 2. The van der Waals surface area contributed by atoms with E-state index >= 15 is 0 Å². The maximum atomic E-state index is 11.1. The van der Waals surface area contributed by atoms with Crippen molar-refractivity contribution in [1.29, 1.82) is 0 Å². The molecule has 0 spiro atoms. The Bertz CT molecular complexity index is 587. The number of nitrogens with two attached hydrogens (primary N) is 2. The molecule has 1 aromatic heterocycles. The van der Waals surface area contributed by atoms with Crippen molar-refractivity contribution >= 4 is 27.2 Å². The molecular weight excluding hydrogens is 204 g/mol. The summed E-state index contributed by atoms with van der Waals surface area (Å²) in [5.41, 5.74) is 6.31. The fourth-order valence-corrected chi connectivity index (χ4v) is 2.02. The van der Waals surface area contributed by atoms with Crippen molar-refractivity contribution in [2.75, 3.05) is 5.73 Å². The van der Waals surface area contributed by atoms with E-state index in [4.69, 9.17) is 10.9 Å². The molecule has 0 aliphatic carbocycles. The first-order valence-electron chi connectivity index (χ1n) is 3.76. The van der Waals surface area contributed by atoms with Crippen LogP contribution in [-0.2, 0) is 10.2 Å². The zero-order valence-corrected chi connectivity index (χ0v) is 7.90. The summed E-state index contributed by atoms with van der Waals surface area (Å²) < 4.78 is 23.1. The van der Waals surface area contributed by atoms with Gasteiger partial charge < -0.3 is 5.73 Å². The second-order valence-electron chi connectivity index (χ2n) is 2.77. The summed E-state index contributed by atoms with van der Waals surface area (Å²) in [6.07, 6.45) is 0. The Morgan fingerprint density at radius 3 is 2.57 bits per heavy atom. The van der Waals surface area contributed by atoms with Crippen molar-refractivity contribution in [1.82, 2.24) is 8.96 Å². The van der Waals surface area contributed by atoms with Gasteiger partial charge in [0.1, 0.15) is 0 Å². The van der Waals surface area contributed by atoms with Crippen LogP contribution in [0.25, 0.3) is 11.0 Å². The van der Waals surface area contributed by atoms with E-state index in [-0.39, 0.29) is 5.95 Å². The lowest BCUT2D eigenvalue weighted by molar-refractivity contribution is 0.591. The van der Waals surface area contributed by atoms with E-state index in [1.807, 2.05) is 0 Å². The summed E-state index contributed by atoms with van der Waals surface area (Å²) in [5.74, 6) is -0.131. The third-order valence-electron chi connectivity index (χ3n) is 1.80. The van der Waals surface area contributed by atoms with Gasteiger partial charge in [0.25, 0.3) is 0 Å². The van der Waals surface area contributed by atoms with Gasteiger partial charge in [-0.15, -0.1) is 0 Å². The van der Waals surface area contributed by atoms with Crippen molar-refractivity contribution in [3.63, 3.8) is 0 Å². The van der Waals surface area contributed by atoms with E-state index in [1.54, 1.807) is 24.3 Å². The second kappa shape index (κ2) is 2.69. The van der Waals surface area contributed by atoms with Gasteiger partial charge in [-0.3, -0.25) is 0 Å². The number of imidazole rings is 1. The maximum Gasteiger partial charge on any atom is 0.305 e. The molecule has 0 aliphatic heterocycles. The fraction of sp³-hybridized carbons (Fsp3) is 0. The van der Waals surface area contributed by atoms with Gasteiger partial charge in [0.2, 0.25) is 5.95 Å². The molecule has 0 fully saturated rings. The fourth-order valence-electron chi connectivity index (χ4n) is 1.29. The first kappa shape index (κ1) is 8.97. The zero-order valence-electron chi connectivity index (χ0n) is 7.08. The summed E-state index contributed by atoms with van der Waals surface area (Å²) in [6, 6.07) is 6.67. The summed E-state index contributed by atoms with van der Waals surface area (Å²) in [6.45, 7) is 0. The number of benzene rings is 1. The SMILES string of the molecule is Nc1nc2ccccc2n1S(N)(=O)=O. The number of nitrogens with zero attached hydrogens (tertiary/aromatic N) is 2. The Hall–Kier alpha value is -1.60. The summed E-state index contributed by atoms with van der Waals surface area (Å²) in [7, 11) is -3.89. The van der Waals surface area contributed by atoms with Gasteiger partial charge in [-0.05, 0) is 12.1 Å². The Kier molecular flexibility index (Phi) is 1.73. The predicted octanol–water partition coefficient (Wildman–Crippen LogP) is -0.330. The summed E-state index contributed by atoms with van der Waals surface area (Å²) in [4.78, 5) is 3.86. The Labute approximate surface area is 80.3 Å². The van der Waals surface area contributed by atoms with E-state index < -0.39 is 10.2 Å². The molecule has 7 heteroatoms. The number of rotatable bonds is 1. The molecule has 0 amide bonds. The lowest BCUT2D eigenvalue weighted by atomic mass is 10.3. The largest absolute Gasteiger partial charge is 0.368 e. The molecule has 4 N–H and O–H groups in total. The monoisotopic (exact) mass is 212 g/mol. The van der Waals surface area contributed by atoms with Crippen LogP contribution in [0.4, 0.5) is 5.95 Å². The Morgan fingerprint density at radius 2 is 1.93 bits per heavy atom. The molecule has 0 unspecified atom stereocenters.